The molecule has 3 amide bonds. The molecule has 7 heteroatoms. The van der Waals surface area contributed by atoms with E-state index in [1.165, 1.54) is 0 Å². The molecule has 0 atom stereocenters. The molecule has 7 nitrogen and oxygen atoms in total. The zero-order chi connectivity index (χ0) is 21.9. The number of rotatable bonds is 10. The zero-order valence-corrected chi connectivity index (χ0v) is 17.8. The van der Waals surface area contributed by atoms with Gasteiger partial charge in [-0.1, -0.05) is 19.1 Å². The highest BCUT2D eigenvalue weighted by Crippen LogP contribution is 2.15. The van der Waals surface area contributed by atoms with Crippen LogP contribution in [0.3, 0.4) is 0 Å². The minimum absolute atomic E-state index is 0.00657. The first-order valence-corrected chi connectivity index (χ1v) is 10.1. The monoisotopic (exact) mass is 410 g/mol. The van der Waals surface area contributed by atoms with E-state index in [1.54, 1.807) is 31.1 Å². The summed E-state index contributed by atoms with van der Waals surface area (Å²) in [6.45, 7) is 2.08. The van der Waals surface area contributed by atoms with Crippen LogP contribution in [0.4, 0.5) is 17.1 Å². The third-order valence-corrected chi connectivity index (χ3v) is 4.46. The molecule has 2 aromatic carbocycles. The van der Waals surface area contributed by atoms with Crippen molar-refractivity contribution in [2.45, 2.75) is 32.6 Å². The number of nitrogens with zero attached hydrogens (tertiary/aromatic N) is 1. The summed E-state index contributed by atoms with van der Waals surface area (Å²) >= 11 is 0. The van der Waals surface area contributed by atoms with E-state index in [-0.39, 0.29) is 24.3 Å². The Morgan fingerprint density at radius 2 is 1.30 bits per heavy atom. The maximum atomic E-state index is 12.2. The van der Waals surface area contributed by atoms with Crippen molar-refractivity contribution in [2.75, 3.05) is 36.6 Å². The predicted octanol–water partition coefficient (Wildman–Crippen LogP) is 3.50. The fourth-order valence-corrected chi connectivity index (χ4v) is 2.74. The molecule has 0 fully saturated rings. The lowest BCUT2D eigenvalue weighted by molar-refractivity contribution is -0.128. The van der Waals surface area contributed by atoms with Gasteiger partial charge in [0.1, 0.15) is 0 Å². The number of benzene rings is 2. The number of carbonyl (C=O) groups excluding carboxylic acids is 3. The van der Waals surface area contributed by atoms with E-state index in [9.17, 15) is 14.4 Å². The molecule has 3 N–H and O–H groups in total. The second kappa shape index (κ2) is 11.6. The van der Waals surface area contributed by atoms with Crippen LogP contribution in [0.15, 0.2) is 48.5 Å². The van der Waals surface area contributed by atoms with E-state index >= 15 is 0 Å². The van der Waals surface area contributed by atoms with Crippen LogP contribution in [0, 0.1) is 0 Å². The van der Waals surface area contributed by atoms with Crippen molar-refractivity contribution in [3.8, 4) is 0 Å². The van der Waals surface area contributed by atoms with Gasteiger partial charge in [0.2, 0.25) is 17.7 Å². The first kappa shape index (κ1) is 22.9. The summed E-state index contributed by atoms with van der Waals surface area (Å²) in [5.74, 6) is -0.0754. The number of anilines is 3. The van der Waals surface area contributed by atoms with Gasteiger partial charge in [0.05, 0.1) is 6.54 Å². The molecule has 0 aromatic heterocycles. The maximum Gasteiger partial charge on any atom is 0.243 e. The molecule has 0 aliphatic carbocycles. The van der Waals surface area contributed by atoms with Crippen LogP contribution >= 0.6 is 0 Å². The molecular formula is C23H30N4O3. The summed E-state index contributed by atoms with van der Waals surface area (Å²) in [7, 11) is 3.49. The summed E-state index contributed by atoms with van der Waals surface area (Å²) < 4.78 is 0. The molecule has 2 rings (SSSR count). The zero-order valence-electron chi connectivity index (χ0n) is 17.8. The van der Waals surface area contributed by atoms with Crippen molar-refractivity contribution < 1.29 is 14.4 Å². The van der Waals surface area contributed by atoms with Gasteiger partial charge in [0.25, 0.3) is 0 Å². The number of carbonyl (C=O) groups is 3. The van der Waals surface area contributed by atoms with E-state index in [1.807, 2.05) is 43.3 Å². The lowest BCUT2D eigenvalue weighted by Gasteiger charge is -2.11. The van der Waals surface area contributed by atoms with Crippen molar-refractivity contribution in [1.82, 2.24) is 4.90 Å². The smallest absolute Gasteiger partial charge is 0.243 e. The minimum atomic E-state index is -0.161. The SMILES string of the molecule is CCCC(=O)Nc1ccc(NCC(=O)Nc2ccc(CCC(=O)N(C)C)cc2)cc1. The van der Waals surface area contributed by atoms with Gasteiger partial charge >= 0.3 is 0 Å². The number of hydrogen-bond acceptors (Lipinski definition) is 4. The quantitative estimate of drug-likeness (QED) is 0.559. The Morgan fingerprint density at radius 3 is 1.87 bits per heavy atom. The molecule has 30 heavy (non-hydrogen) atoms. The van der Waals surface area contributed by atoms with Crippen molar-refractivity contribution in [3.63, 3.8) is 0 Å². The second-order valence-corrected chi connectivity index (χ2v) is 7.26. The molecule has 2 aromatic rings. The van der Waals surface area contributed by atoms with Gasteiger partial charge in [-0.3, -0.25) is 14.4 Å². The first-order valence-electron chi connectivity index (χ1n) is 10.1. The van der Waals surface area contributed by atoms with Crippen molar-refractivity contribution in [3.05, 3.63) is 54.1 Å². The van der Waals surface area contributed by atoms with Crippen molar-refractivity contribution >= 4 is 34.8 Å². The predicted molar refractivity (Wildman–Crippen MR) is 121 cm³/mol. The largest absolute Gasteiger partial charge is 0.376 e. The van der Waals surface area contributed by atoms with Crippen LogP contribution < -0.4 is 16.0 Å². The van der Waals surface area contributed by atoms with E-state index in [0.29, 0.717) is 24.9 Å². The van der Waals surface area contributed by atoms with Gasteiger partial charge in [-0.15, -0.1) is 0 Å². The van der Waals surface area contributed by atoms with E-state index < -0.39 is 0 Å². The highest BCUT2D eigenvalue weighted by molar-refractivity contribution is 5.94. The summed E-state index contributed by atoms with van der Waals surface area (Å²) in [5.41, 5.74) is 3.28. The maximum absolute atomic E-state index is 12.2. The average Bonchev–Trinajstić information content (AvgIpc) is 2.72. The summed E-state index contributed by atoms with van der Waals surface area (Å²) in [6.07, 6.45) is 2.43. The van der Waals surface area contributed by atoms with Gasteiger partial charge in [0.15, 0.2) is 0 Å². The van der Waals surface area contributed by atoms with Crippen LogP contribution in [0.2, 0.25) is 0 Å². The Balaban J connectivity index is 1.76. The Morgan fingerprint density at radius 1 is 0.767 bits per heavy atom. The average molecular weight is 411 g/mol. The van der Waals surface area contributed by atoms with E-state index in [2.05, 4.69) is 16.0 Å². The van der Waals surface area contributed by atoms with Gasteiger partial charge in [0, 0.05) is 44.0 Å². The third-order valence-electron chi connectivity index (χ3n) is 4.46. The molecule has 0 aliphatic heterocycles. The van der Waals surface area contributed by atoms with Crippen LogP contribution in [0.1, 0.15) is 31.7 Å². The lowest BCUT2D eigenvalue weighted by Crippen LogP contribution is -2.22. The molecule has 0 unspecified atom stereocenters. The van der Waals surface area contributed by atoms with E-state index in [0.717, 1.165) is 23.4 Å². The fourth-order valence-electron chi connectivity index (χ4n) is 2.74. The lowest BCUT2D eigenvalue weighted by atomic mass is 10.1. The van der Waals surface area contributed by atoms with Gasteiger partial charge in [-0.05, 0) is 54.8 Å². The molecule has 0 bridgehead atoms. The highest BCUT2D eigenvalue weighted by atomic mass is 16.2. The minimum Gasteiger partial charge on any atom is -0.376 e. The number of amides is 3. The van der Waals surface area contributed by atoms with Crippen LogP contribution in [0.25, 0.3) is 0 Å². The summed E-state index contributed by atoms with van der Waals surface area (Å²) in [5, 5.41) is 8.72. The van der Waals surface area contributed by atoms with Crippen LogP contribution in [-0.2, 0) is 20.8 Å². The standard InChI is InChI=1S/C23H30N4O3/c1-4-5-21(28)25-20-13-11-18(12-14-20)24-16-22(29)26-19-9-6-17(7-10-19)8-15-23(30)27(2)3/h6-7,9-14,24H,4-5,8,15-16H2,1-3H3,(H,25,28)(H,26,29). The third kappa shape index (κ3) is 7.95. The Kier molecular flexibility index (Phi) is 8.87. The highest BCUT2D eigenvalue weighted by Gasteiger charge is 2.06. The first-order chi connectivity index (χ1) is 14.4. The fraction of sp³-hybridized carbons (Fsp3) is 0.348. The Labute approximate surface area is 177 Å². The molecule has 0 aliphatic rings. The molecule has 0 spiro atoms. The van der Waals surface area contributed by atoms with Gasteiger partial charge in [-0.2, -0.15) is 0 Å². The normalized spacial score (nSPS) is 10.2. The molecule has 0 heterocycles. The summed E-state index contributed by atoms with van der Waals surface area (Å²) in [4.78, 5) is 37.0. The number of aryl methyl sites for hydroxylation is 1. The molecular weight excluding hydrogens is 380 g/mol. The Hall–Kier alpha value is -3.35. The topological polar surface area (TPSA) is 90.5 Å². The molecule has 0 saturated heterocycles. The van der Waals surface area contributed by atoms with Gasteiger partial charge in [-0.25, -0.2) is 0 Å². The molecule has 0 saturated carbocycles. The number of nitrogens with one attached hydrogen (secondary N) is 3. The Bertz CT molecular complexity index is 846. The van der Waals surface area contributed by atoms with Crippen LogP contribution in [-0.4, -0.2) is 43.3 Å². The van der Waals surface area contributed by atoms with Gasteiger partial charge < -0.3 is 20.9 Å². The molecule has 160 valence electrons. The molecule has 0 radical (unpaired) electrons. The van der Waals surface area contributed by atoms with Crippen molar-refractivity contribution in [2.24, 2.45) is 0 Å². The number of hydrogen-bond donors (Lipinski definition) is 3. The van der Waals surface area contributed by atoms with Crippen LogP contribution in [0.5, 0.6) is 0 Å². The van der Waals surface area contributed by atoms with E-state index in [4.69, 9.17) is 0 Å². The van der Waals surface area contributed by atoms with Crippen molar-refractivity contribution in [1.29, 1.82) is 0 Å². The second-order valence-electron chi connectivity index (χ2n) is 7.26. The summed E-state index contributed by atoms with van der Waals surface area (Å²) in [6, 6.07) is 14.7.